The number of ether oxygens (including phenoxy) is 1. The van der Waals surface area contributed by atoms with Gasteiger partial charge < -0.3 is 25.2 Å². The number of rotatable bonds is 12. The van der Waals surface area contributed by atoms with Gasteiger partial charge in [0.2, 0.25) is 0 Å². The largest absolute Gasteiger partial charge is 0.382 e. The Hall–Kier alpha value is -0.120. The highest BCUT2D eigenvalue weighted by Crippen LogP contribution is 2.41. The van der Waals surface area contributed by atoms with Crippen molar-refractivity contribution in [2.45, 2.75) is 59.8 Å². The van der Waals surface area contributed by atoms with E-state index in [0.717, 1.165) is 45.2 Å². The SMILES string of the molecule is CCNC(=NCC1(CCOCC)CCCC1)NCC(C)CN1CCN(CC)CC1.I. The van der Waals surface area contributed by atoms with Crippen molar-refractivity contribution in [1.29, 1.82) is 0 Å². The minimum atomic E-state index is 0. The second-order valence-electron chi connectivity index (χ2n) is 9.07. The molecule has 7 heteroatoms. The van der Waals surface area contributed by atoms with Crippen LogP contribution in [0.2, 0.25) is 0 Å². The molecule has 0 aromatic carbocycles. The van der Waals surface area contributed by atoms with Gasteiger partial charge >= 0.3 is 0 Å². The van der Waals surface area contributed by atoms with E-state index in [0.29, 0.717) is 11.3 Å². The fraction of sp³-hybridized carbons (Fsp3) is 0.957. The Morgan fingerprint density at radius 3 is 2.30 bits per heavy atom. The van der Waals surface area contributed by atoms with Gasteiger partial charge in [0.15, 0.2) is 5.96 Å². The summed E-state index contributed by atoms with van der Waals surface area (Å²) < 4.78 is 5.65. The maximum absolute atomic E-state index is 5.65. The Bertz CT molecular complexity index is 463. The highest BCUT2D eigenvalue weighted by molar-refractivity contribution is 14.0. The zero-order chi connectivity index (χ0) is 21.0. The highest BCUT2D eigenvalue weighted by atomic mass is 127. The van der Waals surface area contributed by atoms with Crippen LogP contribution < -0.4 is 10.6 Å². The van der Waals surface area contributed by atoms with E-state index >= 15 is 0 Å². The lowest BCUT2D eigenvalue weighted by Gasteiger charge is -2.35. The predicted molar refractivity (Wildman–Crippen MR) is 139 cm³/mol. The molecule has 0 spiro atoms. The van der Waals surface area contributed by atoms with Crippen molar-refractivity contribution in [3.63, 3.8) is 0 Å². The van der Waals surface area contributed by atoms with Crippen LogP contribution in [0, 0.1) is 11.3 Å². The van der Waals surface area contributed by atoms with Crippen molar-refractivity contribution >= 4 is 29.9 Å². The average Bonchev–Trinajstić information content (AvgIpc) is 3.20. The lowest BCUT2D eigenvalue weighted by Crippen LogP contribution is -2.48. The molecule has 2 aliphatic rings. The summed E-state index contributed by atoms with van der Waals surface area (Å²) in [4.78, 5) is 10.2. The smallest absolute Gasteiger partial charge is 0.191 e. The molecule has 0 radical (unpaired) electrons. The molecule has 1 heterocycles. The molecule has 0 amide bonds. The van der Waals surface area contributed by atoms with Gasteiger partial charge in [-0.2, -0.15) is 0 Å². The number of aliphatic imine (C=N–C) groups is 1. The van der Waals surface area contributed by atoms with Crippen LogP contribution in [0.15, 0.2) is 4.99 Å². The maximum atomic E-state index is 5.65. The fourth-order valence-corrected chi connectivity index (χ4v) is 4.70. The first-order valence-corrected chi connectivity index (χ1v) is 12.2. The van der Waals surface area contributed by atoms with Crippen molar-refractivity contribution in [3.8, 4) is 0 Å². The fourth-order valence-electron chi connectivity index (χ4n) is 4.70. The number of halogens is 1. The van der Waals surface area contributed by atoms with Crippen LogP contribution in [0.25, 0.3) is 0 Å². The van der Waals surface area contributed by atoms with Gasteiger partial charge in [0, 0.05) is 65.6 Å². The summed E-state index contributed by atoms with van der Waals surface area (Å²) in [6, 6.07) is 0. The van der Waals surface area contributed by atoms with Crippen molar-refractivity contribution in [1.82, 2.24) is 20.4 Å². The zero-order valence-electron chi connectivity index (χ0n) is 20.0. The van der Waals surface area contributed by atoms with Crippen LogP contribution in [0.1, 0.15) is 59.8 Å². The summed E-state index contributed by atoms with van der Waals surface area (Å²) in [6.07, 6.45) is 6.41. The van der Waals surface area contributed by atoms with Crippen LogP contribution >= 0.6 is 24.0 Å². The van der Waals surface area contributed by atoms with Crippen molar-refractivity contribution < 1.29 is 4.74 Å². The van der Waals surface area contributed by atoms with E-state index in [-0.39, 0.29) is 24.0 Å². The third kappa shape index (κ3) is 10.0. The van der Waals surface area contributed by atoms with Gasteiger partial charge in [-0.1, -0.05) is 26.7 Å². The zero-order valence-corrected chi connectivity index (χ0v) is 22.4. The highest BCUT2D eigenvalue weighted by Gasteiger charge is 2.33. The number of guanidine groups is 1. The van der Waals surface area contributed by atoms with Gasteiger partial charge in [0.1, 0.15) is 0 Å². The van der Waals surface area contributed by atoms with Crippen molar-refractivity contribution in [3.05, 3.63) is 0 Å². The molecule has 2 rings (SSSR count). The minimum Gasteiger partial charge on any atom is -0.382 e. The summed E-state index contributed by atoms with van der Waals surface area (Å²) in [5.41, 5.74) is 0.349. The second-order valence-corrected chi connectivity index (χ2v) is 9.07. The van der Waals surface area contributed by atoms with E-state index in [1.54, 1.807) is 0 Å². The van der Waals surface area contributed by atoms with Crippen LogP contribution in [-0.2, 0) is 4.74 Å². The average molecular weight is 538 g/mol. The lowest BCUT2D eigenvalue weighted by molar-refractivity contribution is 0.107. The van der Waals surface area contributed by atoms with Crippen molar-refractivity contribution in [2.75, 3.05) is 72.1 Å². The van der Waals surface area contributed by atoms with Gasteiger partial charge in [-0.3, -0.25) is 4.99 Å². The molecule has 6 nitrogen and oxygen atoms in total. The summed E-state index contributed by atoms with van der Waals surface area (Å²) in [6.45, 7) is 20.5. The van der Waals surface area contributed by atoms with Crippen LogP contribution in [-0.4, -0.2) is 87.9 Å². The molecule has 0 aromatic heterocycles. The topological polar surface area (TPSA) is 52.1 Å². The number of likely N-dealkylation sites (N-methyl/N-ethyl adjacent to an activating group) is 1. The molecule has 0 bridgehead atoms. The lowest BCUT2D eigenvalue weighted by atomic mass is 9.83. The number of hydrogen-bond donors (Lipinski definition) is 2. The first kappa shape index (κ1) is 27.9. The molecule has 1 unspecified atom stereocenters. The van der Waals surface area contributed by atoms with Gasteiger partial charge in [-0.15, -0.1) is 24.0 Å². The minimum absolute atomic E-state index is 0. The first-order valence-electron chi connectivity index (χ1n) is 12.2. The number of hydrogen-bond acceptors (Lipinski definition) is 4. The van der Waals surface area contributed by atoms with E-state index in [1.807, 2.05) is 0 Å². The third-order valence-corrected chi connectivity index (χ3v) is 6.66. The number of nitrogens with zero attached hydrogens (tertiary/aromatic N) is 3. The Labute approximate surface area is 203 Å². The Balaban J connectivity index is 0.00000450. The monoisotopic (exact) mass is 537 g/mol. The molecule has 2 fully saturated rings. The summed E-state index contributed by atoms with van der Waals surface area (Å²) in [5.74, 6) is 1.60. The van der Waals surface area contributed by atoms with E-state index < -0.39 is 0 Å². The Kier molecular flexibility index (Phi) is 14.6. The van der Waals surface area contributed by atoms with E-state index in [4.69, 9.17) is 9.73 Å². The molecule has 178 valence electrons. The normalized spacial score (nSPS) is 21.3. The molecule has 30 heavy (non-hydrogen) atoms. The molecule has 2 N–H and O–H groups in total. The van der Waals surface area contributed by atoms with Crippen LogP contribution in [0.3, 0.4) is 0 Å². The van der Waals surface area contributed by atoms with E-state index in [1.165, 1.54) is 65.0 Å². The number of piperazine rings is 1. The second kappa shape index (κ2) is 15.6. The summed E-state index contributed by atoms with van der Waals surface area (Å²) >= 11 is 0. The predicted octanol–water partition coefficient (Wildman–Crippen LogP) is 3.42. The standard InChI is InChI=1S/C23H47N5O.HI/c1-5-24-22(26-20-23(10-8-9-11-23)12-17-29-7-3)25-18-21(4)19-28-15-13-27(6-2)14-16-28;/h21H,5-20H2,1-4H3,(H2,24,25,26);1H. The quantitative estimate of drug-likeness (QED) is 0.173. The first-order chi connectivity index (χ1) is 14.1. The van der Waals surface area contributed by atoms with Gasteiger partial charge in [0.25, 0.3) is 0 Å². The van der Waals surface area contributed by atoms with Crippen molar-refractivity contribution in [2.24, 2.45) is 16.3 Å². The van der Waals surface area contributed by atoms with Gasteiger partial charge in [-0.25, -0.2) is 0 Å². The molecular weight excluding hydrogens is 489 g/mol. The molecule has 0 aromatic rings. The number of nitrogens with one attached hydrogen (secondary N) is 2. The van der Waals surface area contributed by atoms with E-state index in [9.17, 15) is 0 Å². The molecule has 1 atom stereocenters. The Morgan fingerprint density at radius 2 is 1.70 bits per heavy atom. The van der Waals surface area contributed by atoms with Crippen LogP contribution in [0.5, 0.6) is 0 Å². The summed E-state index contributed by atoms with van der Waals surface area (Å²) in [7, 11) is 0. The molecule has 1 aliphatic carbocycles. The van der Waals surface area contributed by atoms with Crippen LogP contribution in [0.4, 0.5) is 0 Å². The van der Waals surface area contributed by atoms with Gasteiger partial charge in [-0.05, 0) is 51.0 Å². The molecular formula is C23H48IN5O. The summed E-state index contributed by atoms with van der Waals surface area (Å²) in [5, 5.41) is 7.06. The third-order valence-electron chi connectivity index (χ3n) is 6.66. The molecule has 1 aliphatic heterocycles. The maximum Gasteiger partial charge on any atom is 0.191 e. The molecule has 1 saturated heterocycles. The van der Waals surface area contributed by atoms with Gasteiger partial charge in [0.05, 0.1) is 0 Å². The molecule has 1 saturated carbocycles. The Morgan fingerprint density at radius 1 is 1.03 bits per heavy atom. The van der Waals surface area contributed by atoms with E-state index in [2.05, 4.69) is 48.1 Å².